The largest absolute Gasteiger partial charge is 0.413 e. The topological polar surface area (TPSA) is 142 Å². The van der Waals surface area contributed by atoms with Gasteiger partial charge in [0.1, 0.15) is 17.4 Å². The third kappa shape index (κ3) is 4.53. The maximum absolute atomic E-state index is 13.2. The highest BCUT2D eigenvalue weighted by Crippen LogP contribution is 2.41. The number of piperidine rings is 1. The average Bonchev–Trinajstić information content (AvgIpc) is 3.92. The van der Waals surface area contributed by atoms with E-state index in [0.29, 0.717) is 54.4 Å². The standard InChI is InChI=1S/C29H30N8O3/c1-36-22-12-19(17-2-3-17)6-7-20(22)25(35-36)21-14-31-27-26(33-21)23(15-32-27)40-29(39)34-24(18-4-5-18)28(38)37-10-8-16(13-30)9-11-37/h6-7,12,14-18,24H,2-5,8-11H2,1H3,(H,31,32)(H,34,39)/t24-/m1/s1. The predicted molar refractivity (Wildman–Crippen MR) is 146 cm³/mol. The van der Waals surface area contributed by atoms with E-state index in [4.69, 9.17) is 20.1 Å². The average molecular weight is 539 g/mol. The number of aromatic amines is 1. The smallest absolute Gasteiger partial charge is 0.406 e. The monoisotopic (exact) mass is 538 g/mol. The van der Waals surface area contributed by atoms with Crippen LogP contribution in [0.1, 0.15) is 50.0 Å². The van der Waals surface area contributed by atoms with E-state index < -0.39 is 12.1 Å². The van der Waals surface area contributed by atoms with E-state index >= 15 is 0 Å². The van der Waals surface area contributed by atoms with Crippen LogP contribution in [0, 0.1) is 23.2 Å². The fourth-order valence-electron chi connectivity index (χ4n) is 5.69. The van der Waals surface area contributed by atoms with Crippen molar-refractivity contribution < 1.29 is 14.3 Å². The number of hydrogen-bond acceptors (Lipinski definition) is 7. The number of nitriles is 1. The molecule has 40 heavy (non-hydrogen) atoms. The van der Waals surface area contributed by atoms with Crippen molar-refractivity contribution in [3.8, 4) is 23.2 Å². The van der Waals surface area contributed by atoms with Gasteiger partial charge in [-0.25, -0.2) is 14.8 Å². The van der Waals surface area contributed by atoms with Crippen LogP contribution in [0.3, 0.4) is 0 Å². The summed E-state index contributed by atoms with van der Waals surface area (Å²) in [6.45, 7) is 1.06. The third-order valence-electron chi connectivity index (χ3n) is 8.34. The highest BCUT2D eigenvalue weighted by Gasteiger charge is 2.40. The number of nitrogens with one attached hydrogen (secondary N) is 2. The molecule has 7 rings (SSSR count). The molecule has 0 bridgehead atoms. The quantitative estimate of drug-likeness (QED) is 0.378. The number of hydrogen-bond donors (Lipinski definition) is 2. The van der Waals surface area contributed by atoms with Crippen LogP contribution in [-0.2, 0) is 11.8 Å². The van der Waals surface area contributed by atoms with Gasteiger partial charge < -0.3 is 19.9 Å². The van der Waals surface area contributed by atoms with Crippen molar-refractivity contribution in [1.82, 2.24) is 34.9 Å². The van der Waals surface area contributed by atoms with Crippen molar-refractivity contribution in [2.45, 2.75) is 50.5 Å². The Morgan fingerprint density at radius 2 is 1.98 bits per heavy atom. The summed E-state index contributed by atoms with van der Waals surface area (Å²) in [5.41, 5.74) is 4.57. The van der Waals surface area contributed by atoms with Gasteiger partial charge in [-0.2, -0.15) is 10.4 Å². The minimum atomic E-state index is -0.707. The molecule has 4 heterocycles. The molecule has 0 spiro atoms. The summed E-state index contributed by atoms with van der Waals surface area (Å²) in [6, 6.07) is 8.10. The number of benzene rings is 1. The third-order valence-corrected chi connectivity index (χ3v) is 8.34. The van der Waals surface area contributed by atoms with Gasteiger partial charge in [0.15, 0.2) is 16.9 Å². The summed E-state index contributed by atoms with van der Waals surface area (Å²) in [7, 11) is 1.92. The Labute approximate surface area is 230 Å². The van der Waals surface area contributed by atoms with Gasteiger partial charge in [0.25, 0.3) is 0 Å². The first kappa shape index (κ1) is 24.6. The van der Waals surface area contributed by atoms with E-state index in [2.05, 4.69) is 39.6 Å². The lowest BCUT2D eigenvalue weighted by Gasteiger charge is -2.32. The molecular formula is C29H30N8O3. The zero-order chi connectivity index (χ0) is 27.4. The minimum Gasteiger partial charge on any atom is -0.406 e. The number of amides is 2. The number of fused-ring (bicyclic) bond motifs is 2. The van der Waals surface area contributed by atoms with Gasteiger partial charge >= 0.3 is 6.09 Å². The Morgan fingerprint density at radius 3 is 2.70 bits per heavy atom. The first-order chi connectivity index (χ1) is 19.5. The molecule has 0 radical (unpaired) electrons. The minimum absolute atomic E-state index is 0.0153. The van der Waals surface area contributed by atoms with Gasteiger partial charge in [-0.15, -0.1) is 0 Å². The fraction of sp³-hybridized carbons (Fsp3) is 0.448. The molecule has 2 amide bonds. The van der Waals surface area contributed by atoms with E-state index in [1.54, 1.807) is 17.3 Å². The van der Waals surface area contributed by atoms with E-state index in [-0.39, 0.29) is 23.5 Å². The molecular weight excluding hydrogens is 508 g/mol. The van der Waals surface area contributed by atoms with E-state index in [0.717, 1.165) is 23.7 Å². The van der Waals surface area contributed by atoms with Gasteiger partial charge in [-0.3, -0.25) is 9.48 Å². The van der Waals surface area contributed by atoms with Crippen molar-refractivity contribution in [1.29, 1.82) is 5.26 Å². The molecule has 204 valence electrons. The van der Waals surface area contributed by atoms with Crippen LogP contribution in [0.25, 0.3) is 33.5 Å². The summed E-state index contributed by atoms with van der Waals surface area (Å²) in [5.74, 6) is 0.855. The molecule has 2 N–H and O–H groups in total. The molecule has 1 aliphatic heterocycles. The number of likely N-dealkylation sites (tertiary alicyclic amines) is 1. The maximum Gasteiger partial charge on any atom is 0.413 e. The highest BCUT2D eigenvalue weighted by atomic mass is 16.6. The van der Waals surface area contributed by atoms with Crippen LogP contribution < -0.4 is 10.1 Å². The van der Waals surface area contributed by atoms with Crippen LogP contribution in [-0.4, -0.2) is 60.8 Å². The molecule has 1 atom stereocenters. The lowest BCUT2D eigenvalue weighted by atomic mass is 9.97. The zero-order valence-electron chi connectivity index (χ0n) is 22.3. The van der Waals surface area contributed by atoms with Gasteiger partial charge in [0.05, 0.1) is 17.8 Å². The van der Waals surface area contributed by atoms with Gasteiger partial charge in [0, 0.05) is 37.6 Å². The Balaban J connectivity index is 1.10. The number of ether oxygens (including phenoxy) is 1. The first-order valence-corrected chi connectivity index (χ1v) is 14.0. The Bertz CT molecular complexity index is 1670. The van der Waals surface area contributed by atoms with E-state index in [1.807, 2.05) is 11.7 Å². The SMILES string of the molecule is Cn1nc(-c2cnc3[nH]cc(OC(=O)N[C@@H](C(=O)N4CCC(C#N)CC4)C4CC4)c3n2)c2ccc(C3CC3)cc21. The Morgan fingerprint density at radius 1 is 1.18 bits per heavy atom. The summed E-state index contributed by atoms with van der Waals surface area (Å²) >= 11 is 0. The summed E-state index contributed by atoms with van der Waals surface area (Å²) in [4.78, 5) is 40.2. The van der Waals surface area contributed by atoms with E-state index in [1.165, 1.54) is 18.4 Å². The first-order valence-electron chi connectivity index (χ1n) is 14.0. The number of nitrogens with zero attached hydrogens (tertiary/aromatic N) is 6. The second kappa shape index (κ2) is 9.62. The normalized spacial score (nSPS) is 18.6. The molecule has 3 aromatic heterocycles. The van der Waals surface area contributed by atoms with Crippen molar-refractivity contribution in [3.63, 3.8) is 0 Å². The van der Waals surface area contributed by atoms with Crippen molar-refractivity contribution in [2.75, 3.05) is 13.1 Å². The molecule has 2 aliphatic carbocycles. The summed E-state index contributed by atoms with van der Waals surface area (Å²) in [6.07, 6.45) is 8.06. The van der Waals surface area contributed by atoms with Gasteiger partial charge in [0.2, 0.25) is 5.91 Å². The number of rotatable bonds is 6. The molecule has 0 unspecified atom stereocenters. The van der Waals surface area contributed by atoms with Crippen LogP contribution in [0.15, 0.2) is 30.6 Å². The van der Waals surface area contributed by atoms with Gasteiger partial charge in [-0.05, 0) is 62.0 Å². The fourth-order valence-corrected chi connectivity index (χ4v) is 5.69. The molecule has 1 saturated heterocycles. The number of aromatic nitrogens is 5. The highest BCUT2D eigenvalue weighted by molar-refractivity contribution is 5.94. The van der Waals surface area contributed by atoms with Crippen LogP contribution in [0.4, 0.5) is 4.79 Å². The second-order valence-corrected chi connectivity index (χ2v) is 11.2. The number of aryl methyl sites for hydroxylation is 1. The van der Waals surface area contributed by atoms with Gasteiger partial charge in [-0.1, -0.05) is 12.1 Å². The van der Waals surface area contributed by atoms with Crippen LogP contribution in [0.2, 0.25) is 0 Å². The molecule has 2 saturated carbocycles. The van der Waals surface area contributed by atoms with Crippen LogP contribution >= 0.6 is 0 Å². The van der Waals surface area contributed by atoms with Crippen LogP contribution in [0.5, 0.6) is 5.75 Å². The lowest BCUT2D eigenvalue weighted by Crippen LogP contribution is -2.52. The zero-order valence-corrected chi connectivity index (χ0v) is 22.3. The molecule has 11 nitrogen and oxygen atoms in total. The van der Waals surface area contributed by atoms with Crippen molar-refractivity contribution >= 4 is 34.1 Å². The molecule has 4 aromatic rings. The Hall–Kier alpha value is -4.46. The lowest BCUT2D eigenvalue weighted by molar-refractivity contribution is -0.135. The Kier molecular flexibility index (Phi) is 5.91. The molecule has 1 aromatic carbocycles. The number of carbonyl (C=O) groups excluding carboxylic acids is 2. The number of H-pyrrole nitrogens is 1. The molecule has 3 fully saturated rings. The molecule has 3 aliphatic rings. The number of carbonyl (C=O) groups is 2. The second-order valence-electron chi connectivity index (χ2n) is 11.2. The summed E-state index contributed by atoms with van der Waals surface area (Å²) in [5, 5.41) is 17.7. The van der Waals surface area contributed by atoms with Crippen molar-refractivity contribution in [2.24, 2.45) is 18.9 Å². The van der Waals surface area contributed by atoms with Crippen molar-refractivity contribution in [3.05, 3.63) is 36.2 Å². The summed E-state index contributed by atoms with van der Waals surface area (Å²) < 4.78 is 7.52. The molecule has 11 heteroatoms. The van der Waals surface area contributed by atoms with E-state index in [9.17, 15) is 9.59 Å². The predicted octanol–water partition coefficient (Wildman–Crippen LogP) is 4.02. The maximum atomic E-state index is 13.2.